The highest BCUT2D eigenvalue weighted by Crippen LogP contribution is 2.32. The third-order valence-electron chi connectivity index (χ3n) is 4.07. The van der Waals surface area contributed by atoms with E-state index in [1.165, 1.54) is 0 Å². The van der Waals surface area contributed by atoms with E-state index in [1.54, 1.807) is 18.5 Å². The molecule has 1 aromatic rings. The fourth-order valence-electron chi connectivity index (χ4n) is 2.59. The molecule has 0 aromatic carbocycles. The number of amides is 2. The number of aliphatic carboxylic acids is 1. The molecule has 0 radical (unpaired) electrons. The minimum absolute atomic E-state index is 0.325. The maximum Gasteiger partial charge on any atom is 0.329 e. The number of aromatic nitrogens is 1. The highest BCUT2D eigenvalue weighted by molar-refractivity contribution is 5.86. The van der Waals surface area contributed by atoms with E-state index in [2.05, 4.69) is 22.5 Å². The second kappa shape index (κ2) is 6.56. The molecule has 114 valence electrons. The molecule has 1 heterocycles. The van der Waals surface area contributed by atoms with Crippen LogP contribution in [0.2, 0.25) is 0 Å². The molecule has 2 amide bonds. The summed E-state index contributed by atoms with van der Waals surface area (Å²) in [4.78, 5) is 27.5. The van der Waals surface area contributed by atoms with E-state index in [0.29, 0.717) is 25.3 Å². The van der Waals surface area contributed by atoms with Gasteiger partial charge in [-0.25, -0.2) is 9.59 Å². The van der Waals surface area contributed by atoms with Crippen LogP contribution in [0.25, 0.3) is 0 Å². The van der Waals surface area contributed by atoms with Gasteiger partial charge >= 0.3 is 12.0 Å². The Balaban J connectivity index is 1.91. The molecule has 0 atom stereocenters. The van der Waals surface area contributed by atoms with Crippen molar-refractivity contribution in [3.05, 3.63) is 30.1 Å². The lowest BCUT2D eigenvalue weighted by atomic mass is 9.77. The molecule has 0 saturated heterocycles. The van der Waals surface area contributed by atoms with E-state index in [0.717, 1.165) is 18.4 Å². The topological polar surface area (TPSA) is 91.3 Å². The number of carbonyl (C=O) groups excluding carboxylic acids is 1. The van der Waals surface area contributed by atoms with Gasteiger partial charge in [0.2, 0.25) is 0 Å². The number of hydrogen-bond donors (Lipinski definition) is 3. The highest BCUT2D eigenvalue weighted by Gasteiger charge is 2.42. The largest absolute Gasteiger partial charge is 0.480 e. The Morgan fingerprint density at radius 2 is 2.14 bits per heavy atom. The number of hydrogen-bond acceptors (Lipinski definition) is 3. The lowest BCUT2D eigenvalue weighted by Gasteiger charge is -2.36. The lowest BCUT2D eigenvalue weighted by Crippen LogP contribution is -2.58. The molecule has 1 fully saturated rings. The zero-order valence-electron chi connectivity index (χ0n) is 12.1. The smallest absolute Gasteiger partial charge is 0.329 e. The van der Waals surface area contributed by atoms with Crippen LogP contribution in [-0.2, 0) is 11.3 Å². The average Bonchev–Trinajstić information content (AvgIpc) is 2.48. The van der Waals surface area contributed by atoms with Crippen LogP contribution in [0.1, 0.15) is 38.2 Å². The first-order valence-corrected chi connectivity index (χ1v) is 7.20. The summed E-state index contributed by atoms with van der Waals surface area (Å²) in [5, 5.41) is 14.8. The van der Waals surface area contributed by atoms with Crippen LogP contribution < -0.4 is 10.6 Å². The Labute approximate surface area is 124 Å². The van der Waals surface area contributed by atoms with Crippen LogP contribution in [0.15, 0.2) is 24.5 Å². The van der Waals surface area contributed by atoms with E-state index in [4.69, 9.17) is 0 Å². The van der Waals surface area contributed by atoms with E-state index in [9.17, 15) is 14.7 Å². The summed E-state index contributed by atoms with van der Waals surface area (Å²) >= 11 is 0. The fraction of sp³-hybridized carbons (Fsp3) is 0.533. The Morgan fingerprint density at radius 3 is 2.71 bits per heavy atom. The lowest BCUT2D eigenvalue weighted by molar-refractivity contribution is -0.146. The van der Waals surface area contributed by atoms with Gasteiger partial charge in [-0.05, 0) is 43.2 Å². The maximum absolute atomic E-state index is 12.0. The van der Waals surface area contributed by atoms with Gasteiger partial charge in [-0.3, -0.25) is 4.98 Å². The highest BCUT2D eigenvalue weighted by atomic mass is 16.4. The second-order valence-electron chi connectivity index (χ2n) is 5.74. The SMILES string of the molecule is CC1CCC(NC(=O)NCc2cccnc2)(C(=O)O)CC1. The van der Waals surface area contributed by atoms with E-state index in [-0.39, 0.29) is 0 Å². The Kier molecular flexibility index (Phi) is 4.77. The van der Waals surface area contributed by atoms with E-state index in [1.807, 2.05) is 6.07 Å². The first kappa shape index (κ1) is 15.3. The first-order chi connectivity index (χ1) is 10.0. The molecule has 0 aliphatic heterocycles. The van der Waals surface area contributed by atoms with Crippen molar-refractivity contribution in [3.63, 3.8) is 0 Å². The van der Waals surface area contributed by atoms with Crippen molar-refractivity contribution in [1.29, 1.82) is 0 Å². The molecule has 3 N–H and O–H groups in total. The summed E-state index contributed by atoms with van der Waals surface area (Å²) < 4.78 is 0. The van der Waals surface area contributed by atoms with Crippen molar-refractivity contribution in [1.82, 2.24) is 15.6 Å². The summed E-state index contributed by atoms with van der Waals surface area (Å²) in [6.07, 6.45) is 5.90. The van der Waals surface area contributed by atoms with Crippen LogP contribution in [0, 0.1) is 5.92 Å². The van der Waals surface area contributed by atoms with Gasteiger partial charge in [-0.2, -0.15) is 0 Å². The molecule has 0 unspecified atom stereocenters. The van der Waals surface area contributed by atoms with Crippen molar-refractivity contribution in [2.45, 2.75) is 44.7 Å². The van der Waals surface area contributed by atoms with Gasteiger partial charge in [0.25, 0.3) is 0 Å². The summed E-state index contributed by atoms with van der Waals surface area (Å²) in [6, 6.07) is 3.19. The number of nitrogens with zero attached hydrogens (tertiary/aromatic N) is 1. The third kappa shape index (κ3) is 3.93. The van der Waals surface area contributed by atoms with Crippen molar-refractivity contribution in [2.75, 3.05) is 0 Å². The predicted molar refractivity (Wildman–Crippen MR) is 77.6 cm³/mol. The van der Waals surface area contributed by atoms with Crippen molar-refractivity contribution >= 4 is 12.0 Å². The Hall–Kier alpha value is -2.11. The van der Waals surface area contributed by atoms with Gasteiger partial charge in [0.15, 0.2) is 0 Å². The van der Waals surface area contributed by atoms with Crippen molar-refractivity contribution in [3.8, 4) is 0 Å². The van der Waals surface area contributed by atoms with Crippen LogP contribution in [-0.4, -0.2) is 27.6 Å². The second-order valence-corrected chi connectivity index (χ2v) is 5.74. The molecule has 0 spiro atoms. The van der Waals surface area contributed by atoms with Crippen LogP contribution >= 0.6 is 0 Å². The zero-order valence-corrected chi connectivity index (χ0v) is 12.1. The van der Waals surface area contributed by atoms with Crippen LogP contribution in [0.4, 0.5) is 4.79 Å². The Bertz CT molecular complexity index is 496. The van der Waals surface area contributed by atoms with Gasteiger partial charge in [-0.1, -0.05) is 13.0 Å². The number of urea groups is 1. The molecule has 1 saturated carbocycles. The third-order valence-corrected chi connectivity index (χ3v) is 4.07. The minimum atomic E-state index is -1.13. The molecule has 1 aliphatic rings. The number of rotatable bonds is 4. The van der Waals surface area contributed by atoms with Crippen molar-refractivity contribution in [2.24, 2.45) is 5.92 Å². The number of pyridine rings is 1. The monoisotopic (exact) mass is 291 g/mol. The minimum Gasteiger partial charge on any atom is -0.480 e. The molecule has 21 heavy (non-hydrogen) atoms. The summed E-state index contributed by atoms with van der Waals surface area (Å²) in [7, 11) is 0. The van der Waals surface area contributed by atoms with Gasteiger partial charge in [0, 0.05) is 18.9 Å². The van der Waals surface area contributed by atoms with Crippen LogP contribution in [0.3, 0.4) is 0 Å². The summed E-state index contributed by atoms with van der Waals surface area (Å²) in [6.45, 7) is 2.43. The normalized spacial score (nSPS) is 25.1. The molecule has 1 aromatic heterocycles. The Morgan fingerprint density at radius 1 is 1.43 bits per heavy atom. The summed E-state index contributed by atoms with van der Waals surface area (Å²) in [5.74, 6) is -0.441. The van der Waals surface area contributed by atoms with Crippen molar-refractivity contribution < 1.29 is 14.7 Å². The molecular formula is C15H21N3O3. The molecule has 1 aliphatic carbocycles. The number of carboxylic acid groups (broad SMARTS) is 1. The van der Waals surface area contributed by atoms with Gasteiger partial charge in [-0.15, -0.1) is 0 Å². The fourth-order valence-corrected chi connectivity index (χ4v) is 2.59. The van der Waals surface area contributed by atoms with Gasteiger partial charge < -0.3 is 15.7 Å². The van der Waals surface area contributed by atoms with E-state index >= 15 is 0 Å². The summed E-state index contributed by atoms with van der Waals surface area (Å²) in [5.41, 5.74) is -0.264. The number of carbonyl (C=O) groups is 2. The van der Waals surface area contributed by atoms with Crippen LogP contribution in [0.5, 0.6) is 0 Å². The predicted octanol–water partition coefficient (Wildman–Crippen LogP) is 1.91. The first-order valence-electron chi connectivity index (χ1n) is 7.20. The average molecular weight is 291 g/mol. The number of carboxylic acids is 1. The molecule has 0 bridgehead atoms. The standard InChI is InChI=1S/C15H21N3O3/c1-11-4-6-15(7-5-11,13(19)20)18-14(21)17-10-12-3-2-8-16-9-12/h2-3,8-9,11H,4-7,10H2,1H3,(H,19,20)(H2,17,18,21). The van der Waals surface area contributed by atoms with Gasteiger partial charge in [0.05, 0.1) is 0 Å². The molecule has 6 heteroatoms. The number of nitrogens with one attached hydrogen (secondary N) is 2. The maximum atomic E-state index is 12.0. The zero-order chi connectivity index (χ0) is 15.3. The molecule has 2 rings (SSSR count). The van der Waals surface area contributed by atoms with E-state index < -0.39 is 17.5 Å². The van der Waals surface area contributed by atoms with Gasteiger partial charge in [0.1, 0.15) is 5.54 Å². The quantitative estimate of drug-likeness (QED) is 0.790. The molecule has 6 nitrogen and oxygen atoms in total. The molecular weight excluding hydrogens is 270 g/mol.